The lowest BCUT2D eigenvalue weighted by Gasteiger charge is -2.12. The van der Waals surface area contributed by atoms with Gasteiger partial charge in [-0.15, -0.1) is 24.0 Å². The summed E-state index contributed by atoms with van der Waals surface area (Å²) >= 11 is 0. The van der Waals surface area contributed by atoms with Crippen LogP contribution in [0, 0.1) is 6.92 Å². The molecule has 0 aromatic heterocycles. The van der Waals surface area contributed by atoms with Gasteiger partial charge in [0.1, 0.15) is 5.75 Å². The molecule has 2 rings (SSSR count). The highest BCUT2D eigenvalue weighted by molar-refractivity contribution is 14.0. The van der Waals surface area contributed by atoms with Crippen molar-refractivity contribution in [1.82, 2.24) is 10.6 Å². The van der Waals surface area contributed by atoms with Crippen LogP contribution < -0.4 is 15.4 Å². The van der Waals surface area contributed by atoms with Crippen molar-refractivity contribution in [3.05, 3.63) is 59.2 Å². The van der Waals surface area contributed by atoms with Gasteiger partial charge in [-0.1, -0.05) is 24.3 Å². The lowest BCUT2D eigenvalue weighted by molar-refractivity contribution is 0.340. The number of halogens is 1. The van der Waals surface area contributed by atoms with Crippen LogP contribution in [0.5, 0.6) is 5.75 Å². The van der Waals surface area contributed by atoms with E-state index < -0.39 is 9.84 Å². The predicted octanol–water partition coefficient (Wildman–Crippen LogP) is 3.71. The fourth-order valence-electron chi connectivity index (χ4n) is 3.02. The molecular weight excluding hydrogens is 513 g/mol. The molecule has 0 spiro atoms. The zero-order valence-electron chi connectivity index (χ0n) is 18.1. The highest BCUT2D eigenvalue weighted by Gasteiger charge is 2.10. The number of nitrogens with zero attached hydrogens (tertiary/aromatic N) is 1. The Labute approximate surface area is 197 Å². The average Bonchev–Trinajstić information content (AvgIpc) is 2.66. The van der Waals surface area contributed by atoms with E-state index in [0.29, 0.717) is 18.0 Å². The summed E-state index contributed by atoms with van der Waals surface area (Å²) in [4.78, 5) is 4.98. The molecule has 8 heteroatoms. The van der Waals surface area contributed by atoms with Gasteiger partial charge in [-0.25, -0.2) is 13.4 Å². The van der Waals surface area contributed by atoms with Crippen molar-refractivity contribution in [3.63, 3.8) is 0 Å². The van der Waals surface area contributed by atoms with Gasteiger partial charge in [-0.2, -0.15) is 0 Å². The fourth-order valence-corrected chi connectivity index (χ4v) is 3.98. The van der Waals surface area contributed by atoms with E-state index in [2.05, 4.69) is 27.8 Å². The monoisotopic (exact) mass is 545 g/mol. The number of hydrogen-bond acceptors (Lipinski definition) is 4. The van der Waals surface area contributed by atoms with Crippen LogP contribution in [0.3, 0.4) is 0 Å². The highest BCUT2D eigenvalue weighted by atomic mass is 127. The fraction of sp³-hybridized carbons (Fsp3) is 0.409. The van der Waals surface area contributed by atoms with Crippen molar-refractivity contribution in [3.8, 4) is 5.75 Å². The molecule has 0 saturated heterocycles. The molecule has 2 aromatic carbocycles. The Morgan fingerprint density at radius 3 is 2.47 bits per heavy atom. The molecule has 0 fully saturated rings. The number of rotatable bonds is 9. The molecule has 0 aliphatic rings. The van der Waals surface area contributed by atoms with Gasteiger partial charge in [0.05, 0.1) is 18.0 Å². The van der Waals surface area contributed by atoms with Gasteiger partial charge >= 0.3 is 0 Å². The van der Waals surface area contributed by atoms with Crippen LogP contribution >= 0.6 is 24.0 Å². The van der Waals surface area contributed by atoms with E-state index in [4.69, 9.17) is 4.74 Å². The van der Waals surface area contributed by atoms with E-state index in [1.165, 1.54) is 11.8 Å². The summed E-state index contributed by atoms with van der Waals surface area (Å²) in [5.74, 6) is 1.62. The Kier molecular flexibility index (Phi) is 11.2. The van der Waals surface area contributed by atoms with Crippen LogP contribution in [0.2, 0.25) is 0 Å². The largest absolute Gasteiger partial charge is 0.494 e. The molecule has 6 nitrogen and oxygen atoms in total. The summed E-state index contributed by atoms with van der Waals surface area (Å²) in [6.45, 7) is 8.44. The first-order chi connectivity index (χ1) is 13.8. The zero-order chi connectivity index (χ0) is 21.3. The van der Waals surface area contributed by atoms with Crippen molar-refractivity contribution in [2.45, 2.75) is 38.6 Å². The van der Waals surface area contributed by atoms with Crippen LogP contribution in [-0.4, -0.2) is 40.3 Å². The standard InChI is InChI=1S/C22H31N3O3S.HI/c1-5-23-22(24-13-12-18-8-7-9-20(15-18)28-6-2)25-16-19-10-11-21(17(3)14-19)29(4,26)27;/h7-11,14-15H,5-6,12-13,16H2,1-4H3,(H2,23,24,25);1H. The van der Waals surface area contributed by atoms with Gasteiger partial charge in [0, 0.05) is 19.3 Å². The first-order valence-corrected chi connectivity index (χ1v) is 11.8. The summed E-state index contributed by atoms with van der Waals surface area (Å²) in [6, 6.07) is 13.5. The second kappa shape index (κ2) is 12.8. The third kappa shape index (κ3) is 8.51. The molecule has 0 saturated carbocycles. The Morgan fingerprint density at radius 2 is 1.83 bits per heavy atom. The molecule has 0 atom stereocenters. The first kappa shape index (κ1) is 26.2. The number of aliphatic imine (C=N–C) groups is 1. The molecule has 0 aliphatic carbocycles. The minimum Gasteiger partial charge on any atom is -0.494 e. The van der Waals surface area contributed by atoms with E-state index in [0.717, 1.165) is 42.3 Å². The SMILES string of the molecule is CCNC(=NCc1ccc(S(C)(=O)=O)c(C)c1)NCCc1cccc(OCC)c1.I. The van der Waals surface area contributed by atoms with Crippen molar-refractivity contribution < 1.29 is 13.2 Å². The van der Waals surface area contributed by atoms with Crippen molar-refractivity contribution in [2.75, 3.05) is 26.0 Å². The summed E-state index contributed by atoms with van der Waals surface area (Å²) in [7, 11) is -3.20. The van der Waals surface area contributed by atoms with E-state index >= 15 is 0 Å². The lowest BCUT2D eigenvalue weighted by atomic mass is 10.1. The maximum absolute atomic E-state index is 11.8. The number of nitrogens with one attached hydrogen (secondary N) is 2. The molecule has 0 heterocycles. The molecule has 30 heavy (non-hydrogen) atoms. The van der Waals surface area contributed by atoms with Crippen LogP contribution in [0.15, 0.2) is 52.4 Å². The van der Waals surface area contributed by atoms with E-state index in [1.54, 1.807) is 6.07 Å². The topological polar surface area (TPSA) is 79.8 Å². The number of benzene rings is 2. The molecular formula is C22H32IN3O3S. The van der Waals surface area contributed by atoms with E-state index in [-0.39, 0.29) is 24.0 Å². The summed E-state index contributed by atoms with van der Waals surface area (Å²) in [6.07, 6.45) is 2.08. The lowest BCUT2D eigenvalue weighted by Crippen LogP contribution is -2.38. The Morgan fingerprint density at radius 1 is 1.07 bits per heavy atom. The van der Waals surface area contributed by atoms with Crippen LogP contribution in [0.4, 0.5) is 0 Å². The third-order valence-electron chi connectivity index (χ3n) is 4.32. The van der Waals surface area contributed by atoms with Crippen LogP contribution in [-0.2, 0) is 22.8 Å². The quantitative estimate of drug-likeness (QED) is 0.286. The van der Waals surface area contributed by atoms with E-state index in [9.17, 15) is 8.42 Å². The number of sulfone groups is 1. The van der Waals surface area contributed by atoms with Crippen molar-refractivity contribution in [1.29, 1.82) is 0 Å². The summed E-state index contributed by atoms with van der Waals surface area (Å²) in [5.41, 5.74) is 2.91. The van der Waals surface area contributed by atoms with Crippen LogP contribution in [0.1, 0.15) is 30.5 Å². The molecule has 0 aliphatic heterocycles. The third-order valence-corrected chi connectivity index (χ3v) is 5.58. The van der Waals surface area contributed by atoms with Gasteiger partial charge in [0.15, 0.2) is 15.8 Å². The van der Waals surface area contributed by atoms with Crippen molar-refractivity contribution >= 4 is 39.8 Å². The molecule has 2 aromatic rings. The Bertz CT molecular complexity index is 946. The zero-order valence-corrected chi connectivity index (χ0v) is 21.2. The average molecular weight is 545 g/mol. The van der Waals surface area contributed by atoms with Gasteiger partial charge in [-0.3, -0.25) is 0 Å². The number of aryl methyl sites for hydroxylation is 1. The Balaban J connectivity index is 0.00000450. The number of guanidine groups is 1. The van der Waals surface area contributed by atoms with Crippen LogP contribution in [0.25, 0.3) is 0 Å². The summed E-state index contributed by atoms with van der Waals surface area (Å²) < 4.78 is 29.1. The minimum absolute atomic E-state index is 0. The van der Waals surface area contributed by atoms with Crippen molar-refractivity contribution in [2.24, 2.45) is 4.99 Å². The van der Waals surface area contributed by atoms with Gasteiger partial charge in [-0.05, 0) is 62.1 Å². The minimum atomic E-state index is -3.20. The van der Waals surface area contributed by atoms with Gasteiger partial charge < -0.3 is 15.4 Å². The first-order valence-electron chi connectivity index (χ1n) is 9.87. The van der Waals surface area contributed by atoms with Gasteiger partial charge in [0.2, 0.25) is 0 Å². The molecule has 2 N–H and O–H groups in total. The normalized spacial score (nSPS) is 11.5. The highest BCUT2D eigenvalue weighted by Crippen LogP contribution is 2.17. The molecule has 0 unspecified atom stereocenters. The maximum Gasteiger partial charge on any atom is 0.191 e. The molecule has 166 valence electrons. The Hall–Kier alpha value is -1.81. The van der Waals surface area contributed by atoms with Gasteiger partial charge in [0.25, 0.3) is 0 Å². The smallest absolute Gasteiger partial charge is 0.191 e. The molecule has 0 radical (unpaired) electrons. The predicted molar refractivity (Wildman–Crippen MR) is 134 cm³/mol. The molecule has 0 bridgehead atoms. The number of ether oxygens (including phenoxy) is 1. The molecule has 0 amide bonds. The summed E-state index contributed by atoms with van der Waals surface area (Å²) in [5, 5.41) is 6.58. The van der Waals surface area contributed by atoms with E-state index in [1.807, 2.05) is 45.0 Å². The maximum atomic E-state index is 11.8. The number of hydrogen-bond donors (Lipinski definition) is 2. The second-order valence-electron chi connectivity index (χ2n) is 6.82. The second-order valence-corrected chi connectivity index (χ2v) is 8.81.